The van der Waals surface area contributed by atoms with E-state index in [-0.39, 0.29) is 0 Å². The summed E-state index contributed by atoms with van der Waals surface area (Å²) in [4.78, 5) is 12.1. The first-order valence-electron chi connectivity index (χ1n) is 7.78. The van der Waals surface area contributed by atoms with Gasteiger partial charge in [-0.1, -0.05) is 18.2 Å². The van der Waals surface area contributed by atoms with Crippen LogP contribution in [0.25, 0.3) is 16.9 Å². The van der Waals surface area contributed by atoms with E-state index < -0.39 is 11.8 Å². The third-order valence-corrected chi connectivity index (χ3v) is 3.66. The number of amides is 2. The fraction of sp³-hybridized carbons (Fsp3) is 0. The maximum Gasteiger partial charge on any atom is 0.323 e. The van der Waals surface area contributed by atoms with E-state index in [2.05, 4.69) is 25.9 Å². The van der Waals surface area contributed by atoms with Crippen molar-refractivity contribution in [2.45, 2.75) is 0 Å². The second kappa shape index (κ2) is 6.60. The van der Waals surface area contributed by atoms with Crippen LogP contribution in [0.1, 0.15) is 0 Å². The molecule has 0 unspecified atom stereocenters. The van der Waals surface area contributed by atoms with Crippen LogP contribution in [-0.2, 0) is 0 Å². The topological polar surface area (TPSA) is 84.2 Å². The number of nitrogens with one attached hydrogen (secondary N) is 2. The number of hydrogen-bond acceptors (Lipinski definition) is 4. The number of anilines is 2. The summed E-state index contributed by atoms with van der Waals surface area (Å²) in [5.41, 5.74) is 3.15. The molecule has 0 spiro atoms. The van der Waals surface area contributed by atoms with Crippen LogP contribution in [0.4, 0.5) is 20.6 Å². The first kappa shape index (κ1) is 15.7. The highest BCUT2D eigenvalue weighted by atomic mass is 19.1. The standard InChI is InChI=1S/C18H13FN6O/c19-13-4-2-6-15(10-13)22-18(26)21-14-5-1-3-12(9-14)16-7-8-17-23-20-11-25(17)24-16/h1-11H,(H2,21,22,26). The highest BCUT2D eigenvalue weighted by molar-refractivity contribution is 6.00. The van der Waals surface area contributed by atoms with Gasteiger partial charge < -0.3 is 10.6 Å². The summed E-state index contributed by atoms with van der Waals surface area (Å²) in [6.45, 7) is 0. The Hall–Kier alpha value is -3.81. The third-order valence-electron chi connectivity index (χ3n) is 3.66. The van der Waals surface area contributed by atoms with Gasteiger partial charge in [0.25, 0.3) is 0 Å². The molecular weight excluding hydrogens is 335 g/mol. The van der Waals surface area contributed by atoms with Crippen molar-refractivity contribution in [1.29, 1.82) is 0 Å². The van der Waals surface area contributed by atoms with Crippen LogP contribution in [-0.4, -0.2) is 25.8 Å². The molecule has 0 saturated heterocycles. The molecule has 128 valence electrons. The Bertz CT molecular complexity index is 1090. The number of halogens is 1. The number of rotatable bonds is 3. The summed E-state index contributed by atoms with van der Waals surface area (Å²) in [7, 11) is 0. The molecule has 0 aliphatic carbocycles. The van der Waals surface area contributed by atoms with Crippen molar-refractivity contribution in [3.63, 3.8) is 0 Å². The van der Waals surface area contributed by atoms with Gasteiger partial charge >= 0.3 is 6.03 Å². The number of carbonyl (C=O) groups is 1. The Balaban J connectivity index is 1.52. The number of urea groups is 1. The van der Waals surface area contributed by atoms with Crippen LogP contribution in [0.3, 0.4) is 0 Å². The number of nitrogens with zero attached hydrogens (tertiary/aromatic N) is 4. The highest BCUT2D eigenvalue weighted by Gasteiger charge is 2.07. The smallest absolute Gasteiger partial charge is 0.308 e. The highest BCUT2D eigenvalue weighted by Crippen LogP contribution is 2.21. The third kappa shape index (κ3) is 3.34. The van der Waals surface area contributed by atoms with Crippen LogP contribution in [0.5, 0.6) is 0 Å². The number of aromatic nitrogens is 4. The van der Waals surface area contributed by atoms with Crippen LogP contribution in [0.15, 0.2) is 67.0 Å². The van der Waals surface area contributed by atoms with Crippen LogP contribution in [0.2, 0.25) is 0 Å². The molecule has 0 bridgehead atoms. The van der Waals surface area contributed by atoms with E-state index in [4.69, 9.17) is 0 Å². The van der Waals surface area contributed by atoms with Crippen molar-refractivity contribution in [2.75, 3.05) is 10.6 Å². The fourth-order valence-corrected chi connectivity index (χ4v) is 2.50. The minimum absolute atomic E-state index is 0.374. The lowest BCUT2D eigenvalue weighted by molar-refractivity contribution is 0.262. The van der Waals surface area contributed by atoms with Crippen molar-refractivity contribution in [2.24, 2.45) is 0 Å². The van der Waals surface area contributed by atoms with E-state index in [9.17, 15) is 9.18 Å². The minimum atomic E-state index is -0.463. The van der Waals surface area contributed by atoms with Gasteiger partial charge in [0.2, 0.25) is 0 Å². The lowest BCUT2D eigenvalue weighted by Crippen LogP contribution is -2.19. The van der Waals surface area contributed by atoms with E-state index in [1.807, 2.05) is 24.3 Å². The average Bonchev–Trinajstić information content (AvgIpc) is 3.09. The van der Waals surface area contributed by atoms with Gasteiger partial charge in [-0.3, -0.25) is 0 Å². The van der Waals surface area contributed by atoms with Crippen molar-refractivity contribution in [3.05, 3.63) is 72.8 Å². The molecule has 2 amide bonds. The summed E-state index contributed by atoms with van der Waals surface area (Å²) in [6, 6.07) is 16.1. The van der Waals surface area contributed by atoms with Gasteiger partial charge in [-0.05, 0) is 42.5 Å². The van der Waals surface area contributed by atoms with Crippen LogP contribution < -0.4 is 10.6 Å². The molecule has 26 heavy (non-hydrogen) atoms. The predicted octanol–water partition coefficient (Wildman–Crippen LogP) is 3.57. The normalized spacial score (nSPS) is 10.7. The minimum Gasteiger partial charge on any atom is -0.308 e. The molecule has 7 nitrogen and oxygen atoms in total. The zero-order valence-corrected chi connectivity index (χ0v) is 13.4. The second-order valence-electron chi connectivity index (χ2n) is 5.52. The van der Waals surface area contributed by atoms with E-state index >= 15 is 0 Å². The number of carbonyl (C=O) groups excluding carboxylic acids is 1. The SMILES string of the molecule is O=C(Nc1cccc(F)c1)Nc1cccc(-c2ccc3nncn3n2)c1. The predicted molar refractivity (Wildman–Crippen MR) is 95.3 cm³/mol. The molecule has 0 atom stereocenters. The average molecular weight is 348 g/mol. The molecule has 0 saturated carbocycles. The Morgan fingerprint density at radius 1 is 0.962 bits per heavy atom. The zero-order chi connectivity index (χ0) is 17.9. The molecule has 0 aliphatic rings. The lowest BCUT2D eigenvalue weighted by Gasteiger charge is -2.09. The number of hydrogen-bond donors (Lipinski definition) is 2. The van der Waals surface area contributed by atoms with Gasteiger partial charge in [0.15, 0.2) is 5.65 Å². The molecule has 0 aliphatic heterocycles. The largest absolute Gasteiger partial charge is 0.323 e. The van der Waals surface area contributed by atoms with Crippen LogP contribution in [0, 0.1) is 5.82 Å². The molecule has 2 N–H and O–H groups in total. The van der Waals surface area contributed by atoms with Gasteiger partial charge in [0.05, 0.1) is 5.69 Å². The van der Waals surface area contributed by atoms with Gasteiger partial charge in [0.1, 0.15) is 12.1 Å². The molecule has 8 heteroatoms. The Morgan fingerprint density at radius 2 is 1.73 bits per heavy atom. The molecule has 2 aromatic heterocycles. The summed E-state index contributed by atoms with van der Waals surface area (Å²) in [5, 5.41) is 17.4. The molecule has 4 rings (SSSR count). The molecule has 2 aromatic carbocycles. The van der Waals surface area contributed by atoms with E-state index in [0.717, 1.165) is 5.56 Å². The second-order valence-corrected chi connectivity index (χ2v) is 5.52. The molecule has 0 radical (unpaired) electrons. The maximum atomic E-state index is 13.2. The number of benzene rings is 2. The summed E-state index contributed by atoms with van der Waals surface area (Å²) in [6.07, 6.45) is 1.52. The quantitative estimate of drug-likeness (QED) is 0.593. The van der Waals surface area contributed by atoms with E-state index in [1.54, 1.807) is 22.7 Å². The summed E-state index contributed by atoms with van der Waals surface area (Å²) < 4.78 is 14.8. The Labute approximate surface area is 147 Å². The number of fused-ring (bicyclic) bond motifs is 1. The van der Waals surface area contributed by atoms with E-state index in [1.165, 1.54) is 24.5 Å². The molecular formula is C18H13FN6O. The summed E-state index contributed by atoms with van der Waals surface area (Å²) in [5.74, 6) is -0.416. The van der Waals surface area contributed by atoms with Gasteiger partial charge in [-0.15, -0.1) is 10.2 Å². The van der Waals surface area contributed by atoms with Crippen molar-refractivity contribution in [3.8, 4) is 11.3 Å². The van der Waals surface area contributed by atoms with Gasteiger partial charge in [-0.25, -0.2) is 9.18 Å². The molecule has 2 heterocycles. The van der Waals surface area contributed by atoms with Crippen molar-refractivity contribution >= 4 is 23.1 Å². The Kier molecular flexibility index (Phi) is 3.98. The van der Waals surface area contributed by atoms with Gasteiger partial charge in [0, 0.05) is 16.9 Å². The Morgan fingerprint density at radius 3 is 2.54 bits per heavy atom. The summed E-state index contributed by atoms with van der Waals surface area (Å²) >= 11 is 0. The first-order valence-corrected chi connectivity index (χ1v) is 7.78. The molecule has 0 fully saturated rings. The molecule has 4 aromatic rings. The lowest BCUT2D eigenvalue weighted by atomic mass is 10.1. The van der Waals surface area contributed by atoms with Gasteiger partial charge in [-0.2, -0.15) is 9.61 Å². The fourth-order valence-electron chi connectivity index (χ4n) is 2.50. The van der Waals surface area contributed by atoms with Crippen LogP contribution >= 0.6 is 0 Å². The first-order chi connectivity index (χ1) is 12.7. The van der Waals surface area contributed by atoms with Crippen molar-refractivity contribution < 1.29 is 9.18 Å². The monoisotopic (exact) mass is 348 g/mol. The zero-order valence-electron chi connectivity index (χ0n) is 13.4. The maximum absolute atomic E-state index is 13.2. The van der Waals surface area contributed by atoms with E-state index in [0.29, 0.717) is 22.7 Å². The van der Waals surface area contributed by atoms with Crippen molar-refractivity contribution in [1.82, 2.24) is 19.8 Å².